The third-order valence-electron chi connectivity index (χ3n) is 1.59. The molecule has 0 atom stereocenters. The molecule has 0 spiro atoms. The maximum absolute atomic E-state index is 12.9. The van der Waals surface area contributed by atoms with Crippen molar-refractivity contribution in [1.29, 1.82) is 0 Å². The molecule has 0 radical (unpaired) electrons. The second-order valence-corrected chi connectivity index (χ2v) is 2.59. The van der Waals surface area contributed by atoms with Crippen LogP contribution in [-0.4, -0.2) is 21.0 Å². The average molecular weight is 236 g/mol. The topological polar surface area (TPSA) is 93.3 Å². The fourth-order valence-corrected chi connectivity index (χ4v) is 0.943. The zero-order chi connectivity index (χ0) is 12.5. The molecule has 0 aromatic carbocycles. The van der Waals surface area contributed by atoms with Crippen LogP contribution >= 0.6 is 0 Å². The molecule has 0 aliphatic carbocycles. The molecule has 0 aliphatic heterocycles. The van der Waals surface area contributed by atoms with Crippen molar-refractivity contribution in [3.05, 3.63) is 33.3 Å². The highest BCUT2D eigenvalue weighted by atomic mass is 19.3. The van der Waals surface area contributed by atoms with E-state index in [1.807, 2.05) is 0 Å². The molecule has 0 unspecified atom stereocenters. The van der Waals surface area contributed by atoms with Gasteiger partial charge in [-0.15, -0.1) is 0 Å². The SMILES string of the molecule is O=C(O)c1cc(F)c(C(F)F)nc1[N+](=O)[O-]. The summed E-state index contributed by atoms with van der Waals surface area (Å²) in [4.78, 5) is 22.2. The molecule has 0 saturated carbocycles. The monoisotopic (exact) mass is 236 g/mol. The Balaban J connectivity index is 3.49. The lowest BCUT2D eigenvalue weighted by atomic mass is 10.2. The Morgan fingerprint density at radius 2 is 2.12 bits per heavy atom. The summed E-state index contributed by atoms with van der Waals surface area (Å²) < 4.78 is 37.1. The normalized spacial score (nSPS) is 10.5. The average Bonchev–Trinajstić information content (AvgIpc) is 2.15. The summed E-state index contributed by atoms with van der Waals surface area (Å²) in [6, 6.07) is 0.148. The molecule has 16 heavy (non-hydrogen) atoms. The van der Waals surface area contributed by atoms with Gasteiger partial charge in [0, 0.05) is 6.07 Å². The van der Waals surface area contributed by atoms with Gasteiger partial charge in [0.1, 0.15) is 0 Å². The van der Waals surface area contributed by atoms with Gasteiger partial charge in [0.2, 0.25) is 0 Å². The van der Waals surface area contributed by atoms with Gasteiger partial charge in [0.25, 0.3) is 5.69 Å². The fourth-order valence-electron chi connectivity index (χ4n) is 0.943. The van der Waals surface area contributed by atoms with Gasteiger partial charge >= 0.3 is 18.2 Å². The molecule has 1 heterocycles. The number of aromatic carboxylic acids is 1. The second-order valence-electron chi connectivity index (χ2n) is 2.59. The second kappa shape index (κ2) is 4.13. The lowest BCUT2D eigenvalue weighted by Gasteiger charge is -2.00. The van der Waals surface area contributed by atoms with E-state index in [4.69, 9.17) is 5.11 Å². The van der Waals surface area contributed by atoms with Gasteiger partial charge in [-0.1, -0.05) is 0 Å². The van der Waals surface area contributed by atoms with Crippen LogP contribution in [0.5, 0.6) is 0 Å². The van der Waals surface area contributed by atoms with E-state index in [2.05, 4.69) is 4.98 Å². The zero-order valence-corrected chi connectivity index (χ0v) is 7.35. The highest BCUT2D eigenvalue weighted by Gasteiger charge is 2.30. The van der Waals surface area contributed by atoms with E-state index in [-0.39, 0.29) is 6.07 Å². The molecule has 1 N–H and O–H groups in total. The number of rotatable bonds is 3. The smallest absolute Gasteiger partial charge is 0.378 e. The molecular weight excluding hydrogens is 233 g/mol. The van der Waals surface area contributed by atoms with E-state index in [1.165, 1.54) is 0 Å². The van der Waals surface area contributed by atoms with Gasteiger partial charge in [-0.25, -0.2) is 18.0 Å². The lowest BCUT2D eigenvalue weighted by Crippen LogP contribution is -2.09. The van der Waals surface area contributed by atoms with Gasteiger partial charge in [0.15, 0.2) is 11.4 Å². The third kappa shape index (κ3) is 2.07. The van der Waals surface area contributed by atoms with Crippen LogP contribution in [-0.2, 0) is 0 Å². The lowest BCUT2D eigenvalue weighted by molar-refractivity contribution is -0.390. The predicted octanol–water partition coefficient (Wildman–Crippen LogP) is 1.76. The number of nitrogens with zero attached hydrogens (tertiary/aromatic N) is 2. The maximum atomic E-state index is 12.9. The number of carbonyl (C=O) groups is 1. The van der Waals surface area contributed by atoms with Gasteiger partial charge < -0.3 is 15.2 Å². The quantitative estimate of drug-likeness (QED) is 0.637. The van der Waals surface area contributed by atoms with Gasteiger partial charge in [-0.05, 0) is 9.91 Å². The van der Waals surface area contributed by atoms with Crippen molar-refractivity contribution in [2.24, 2.45) is 0 Å². The number of hydrogen-bond acceptors (Lipinski definition) is 4. The van der Waals surface area contributed by atoms with Crippen LogP contribution in [0.15, 0.2) is 6.07 Å². The molecule has 1 aromatic rings. The summed E-state index contributed by atoms with van der Waals surface area (Å²) in [5.41, 5.74) is -2.52. The van der Waals surface area contributed by atoms with Crippen LogP contribution in [0, 0.1) is 15.9 Å². The van der Waals surface area contributed by atoms with Crippen LogP contribution in [0.25, 0.3) is 0 Å². The van der Waals surface area contributed by atoms with Gasteiger partial charge in [-0.3, -0.25) is 0 Å². The number of nitro groups is 1. The summed E-state index contributed by atoms with van der Waals surface area (Å²) in [6.45, 7) is 0. The summed E-state index contributed by atoms with van der Waals surface area (Å²) in [5.74, 6) is -4.74. The van der Waals surface area contributed by atoms with Crippen molar-refractivity contribution < 1.29 is 28.0 Å². The molecule has 0 fully saturated rings. The first-order valence-corrected chi connectivity index (χ1v) is 3.71. The van der Waals surface area contributed by atoms with Crippen LogP contribution in [0.2, 0.25) is 0 Å². The van der Waals surface area contributed by atoms with E-state index >= 15 is 0 Å². The maximum Gasteiger partial charge on any atom is 0.378 e. The van der Waals surface area contributed by atoms with Crippen molar-refractivity contribution in [3.8, 4) is 0 Å². The minimum Gasteiger partial charge on any atom is -0.477 e. The Morgan fingerprint density at radius 1 is 1.56 bits per heavy atom. The first-order chi connectivity index (χ1) is 7.34. The fraction of sp³-hybridized carbons (Fsp3) is 0.143. The Kier molecular flexibility index (Phi) is 3.06. The van der Waals surface area contributed by atoms with E-state index in [9.17, 15) is 28.1 Å². The van der Waals surface area contributed by atoms with Crippen LogP contribution < -0.4 is 0 Å². The van der Waals surface area contributed by atoms with Crippen molar-refractivity contribution in [3.63, 3.8) is 0 Å². The predicted molar refractivity (Wildman–Crippen MR) is 42.8 cm³/mol. The third-order valence-corrected chi connectivity index (χ3v) is 1.59. The molecule has 0 bridgehead atoms. The van der Waals surface area contributed by atoms with Gasteiger partial charge in [0.05, 0.1) is 0 Å². The molecule has 1 rings (SSSR count). The number of halogens is 3. The Labute approximate surface area is 85.5 Å². The number of carboxylic acid groups (broad SMARTS) is 1. The molecule has 0 saturated heterocycles. The molecule has 86 valence electrons. The number of pyridine rings is 1. The number of carboxylic acids is 1. The van der Waals surface area contributed by atoms with Crippen molar-refractivity contribution in [1.82, 2.24) is 4.98 Å². The summed E-state index contributed by atoms with van der Waals surface area (Å²) in [5, 5.41) is 18.8. The molecule has 6 nitrogen and oxygen atoms in total. The number of alkyl halides is 2. The molecule has 9 heteroatoms. The highest BCUT2D eigenvalue weighted by molar-refractivity contribution is 5.91. The summed E-state index contributed by atoms with van der Waals surface area (Å²) in [6.07, 6.45) is -3.36. The highest BCUT2D eigenvalue weighted by Crippen LogP contribution is 2.25. The number of aromatic nitrogens is 1. The number of hydrogen-bond donors (Lipinski definition) is 1. The van der Waals surface area contributed by atoms with E-state index in [0.29, 0.717) is 0 Å². The van der Waals surface area contributed by atoms with Crippen LogP contribution in [0.1, 0.15) is 22.5 Å². The van der Waals surface area contributed by atoms with Crippen molar-refractivity contribution in [2.75, 3.05) is 0 Å². The van der Waals surface area contributed by atoms with E-state index < -0.39 is 40.2 Å². The first-order valence-electron chi connectivity index (χ1n) is 3.71. The van der Waals surface area contributed by atoms with Crippen LogP contribution in [0.4, 0.5) is 19.0 Å². The minimum atomic E-state index is -3.36. The standard InChI is InChI=1S/C7H3F3N2O4/c8-3-1-2(7(13)14)6(12(15)16)11-4(3)5(9)10/h1,5H,(H,13,14). The van der Waals surface area contributed by atoms with Crippen molar-refractivity contribution in [2.45, 2.75) is 6.43 Å². The summed E-state index contributed by atoms with van der Waals surface area (Å²) in [7, 11) is 0. The first kappa shape index (κ1) is 11.9. The largest absolute Gasteiger partial charge is 0.477 e. The van der Waals surface area contributed by atoms with E-state index in [0.717, 1.165) is 0 Å². The molecule has 0 amide bonds. The Bertz CT molecular complexity index is 463. The summed E-state index contributed by atoms with van der Waals surface area (Å²) >= 11 is 0. The minimum absolute atomic E-state index is 0.148. The Morgan fingerprint density at radius 3 is 2.50 bits per heavy atom. The molecule has 1 aromatic heterocycles. The Hall–Kier alpha value is -2.19. The van der Waals surface area contributed by atoms with E-state index in [1.54, 1.807) is 0 Å². The van der Waals surface area contributed by atoms with Crippen molar-refractivity contribution >= 4 is 11.8 Å². The molecule has 0 aliphatic rings. The van der Waals surface area contributed by atoms with Gasteiger partial charge in [-0.2, -0.15) is 0 Å². The van der Waals surface area contributed by atoms with Crippen LogP contribution in [0.3, 0.4) is 0 Å². The zero-order valence-electron chi connectivity index (χ0n) is 7.35. The molecular formula is C7H3F3N2O4.